The molecule has 1 heterocycles. The van der Waals surface area contributed by atoms with Gasteiger partial charge in [0.25, 0.3) is 5.91 Å². The zero-order valence-electron chi connectivity index (χ0n) is 14.9. The number of carbonyl (C=O) groups excluding carboxylic acids is 3. The third-order valence-electron chi connectivity index (χ3n) is 4.34. The number of nitrogens with zero attached hydrogens (tertiary/aromatic N) is 1. The van der Waals surface area contributed by atoms with Crippen LogP contribution >= 0.6 is 15.9 Å². The van der Waals surface area contributed by atoms with Gasteiger partial charge in [0.05, 0.1) is 0 Å². The second-order valence-corrected chi connectivity index (χ2v) is 7.32. The summed E-state index contributed by atoms with van der Waals surface area (Å²) >= 11 is 3.32. The molecule has 26 heavy (non-hydrogen) atoms. The molecule has 1 fully saturated rings. The van der Waals surface area contributed by atoms with Gasteiger partial charge < -0.3 is 15.5 Å². The molecule has 142 valence electrons. The molecule has 3 amide bonds. The molecule has 0 unspecified atom stereocenters. The smallest absolute Gasteiger partial charge is 0.251 e. The largest absolute Gasteiger partial charge is 0.356 e. The van der Waals surface area contributed by atoms with Crippen molar-refractivity contribution in [3.63, 3.8) is 0 Å². The van der Waals surface area contributed by atoms with E-state index < -0.39 is 0 Å². The van der Waals surface area contributed by atoms with Crippen molar-refractivity contribution >= 4 is 33.7 Å². The number of nitrogens with one attached hydrogen (secondary N) is 2. The number of likely N-dealkylation sites (tertiary alicyclic amines) is 1. The van der Waals surface area contributed by atoms with Crippen LogP contribution in [0.25, 0.3) is 0 Å². The molecule has 0 aromatic heterocycles. The Morgan fingerprint density at radius 1 is 1.04 bits per heavy atom. The fourth-order valence-corrected chi connectivity index (χ4v) is 3.12. The minimum Gasteiger partial charge on any atom is -0.356 e. The van der Waals surface area contributed by atoms with Gasteiger partial charge in [0.15, 0.2) is 0 Å². The van der Waals surface area contributed by atoms with Crippen molar-refractivity contribution in [2.45, 2.75) is 38.5 Å². The highest BCUT2D eigenvalue weighted by molar-refractivity contribution is 9.10. The molecule has 0 saturated carbocycles. The topological polar surface area (TPSA) is 78.5 Å². The lowest BCUT2D eigenvalue weighted by Crippen LogP contribution is -2.35. The van der Waals surface area contributed by atoms with Crippen LogP contribution in [0, 0.1) is 0 Å². The average molecular weight is 424 g/mol. The van der Waals surface area contributed by atoms with Gasteiger partial charge >= 0.3 is 0 Å². The highest BCUT2D eigenvalue weighted by Gasteiger charge is 2.15. The SMILES string of the molecule is O=C(CCNC(=O)c1ccc(Br)cc1)NCCCN1CCCCCC1=O. The van der Waals surface area contributed by atoms with Crippen LogP contribution < -0.4 is 10.6 Å². The summed E-state index contributed by atoms with van der Waals surface area (Å²) in [5.74, 6) is -0.0576. The molecule has 1 saturated heterocycles. The molecule has 1 aromatic rings. The van der Waals surface area contributed by atoms with Crippen LogP contribution in [-0.2, 0) is 9.59 Å². The van der Waals surface area contributed by atoms with Crippen molar-refractivity contribution in [1.82, 2.24) is 15.5 Å². The van der Waals surface area contributed by atoms with Crippen LogP contribution in [-0.4, -0.2) is 48.8 Å². The lowest BCUT2D eigenvalue weighted by molar-refractivity contribution is -0.130. The quantitative estimate of drug-likeness (QED) is 0.630. The number of halogens is 1. The summed E-state index contributed by atoms with van der Waals surface area (Å²) in [6.45, 7) is 2.36. The number of hydrogen-bond donors (Lipinski definition) is 2. The van der Waals surface area contributed by atoms with E-state index in [4.69, 9.17) is 0 Å². The Labute approximate surface area is 162 Å². The van der Waals surface area contributed by atoms with Crippen molar-refractivity contribution in [2.75, 3.05) is 26.2 Å². The minimum absolute atomic E-state index is 0.0942. The molecule has 0 aliphatic carbocycles. The van der Waals surface area contributed by atoms with Gasteiger partial charge in [-0.1, -0.05) is 22.4 Å². The number of amides is 3. The maximum Gasteiger partial charge on any atom is 0.251 e. The van der Waals surface area contributed by atoms with E-state index in [1.54, 1.807) is 24.3 Å². The maximum absolute atomic E-state index is 11.9. The van der Waals surface area contributed by atoms with Crippen molar-refractivity contribution in [3.8, 4) is 0 Å². The lowest BCUT2D eigenvalue weighted by atomic mass is 10.2. The molecule has 1 aliphatic heterocycles. The van der Waals surface area contributed by atoms with Crippen LogP contribution in [0.3, 0.4) is 0 Å². The van der Waals surface area contributed by atoms with E-state index in [1.165, 1.54) is 0 Å². The molecular formula is C19H26BrN3O3. The summed E-state index contributed by atoms with van der Waals surface area (Å²) < 4.78 is 0.912. The zero-order valence-corrected chi connectivity index (χ0v) is 16.5. The van der Waals surface area contributed by atoms with E-state index in [2.05, 4.69) is 26.6 Å². The molecule has 0 radical (unpaired) electrons. The predicted octanol–water partition coefficient (Wildman–Crippen LogP) is 2.48. The van der Waals surface area contributed by atoms with Gasteiger partial charge in [-0.15, -0.1) is 0 Å². The molecule has 0 atom stereocenters. The first-order chi connectivity index (χ1) is 12.6. The van der Waals surface area contributed by atoms with Crippen LogP contribution in [0.1, 0.15) is 48.9 Å². The molecular weight excluding hydrogens is 398 g/mol. The van der Waals surface area contributed by atoms with Gasteiger partial charge in [-0.2, -0.15) is 0 Å². The Morgan fingerprint density at radius 3 is 2.58 bits per heavy atom. The lowest BCUT2D eigenvalue weighted by Gasteiger charge is -2.20. The van der Waals surface area contributed by atoms with Gasteiger partial charge in [-0.25, -0.2) is 0 Å². The van der Waals surface area contributed by atoms with Crippen molar-refractivity contribution < 1.29 is 14.4 Å². The third kappa shape index (κ3) is 7.15. The number of rotatable bonds is 8. The van der Waals surface area contributed by atoms with Gasteiger partial charge in [0, 0.05) is 49.1 Å². The van der Waals surface area contributed by atoms with E-state index in [0.717, 1.165) is 36.7 Å². The maximum atomic E-state index is 11.9. The Balaban J connectivity index is 1.56. The van der Waals surface area contributed by atoms with E-state index in [-0.39, 0.29) is 24.1 Å². The second-order valence-electron chi connectivity index (χ2n) is 6.41. The van der Waals surface area contributed by atoms with E-state index in [0.29, 0.717) is 31.6 Å². The molecule has 2 rings (SSSR count). The third-order valence-corrected chi connectivity index (χ3v) is 4.87. The highest BCUT2D eigenvalue weighted by atomic mass is 79.9. The summed E-state index contributed by atoms with van der Waals surface area (Å²) in [7, 11) is 0. The average Bonchev–Trinajstić information content (AvgIpc) is 2.83. The fraction of sp³-hybridized carbons (Fsp3) is 0.526. The first-order valence-electron chi connectivity index (χ1n) is 9.14. The predicted molar refractivity (Wildman–Crippen MR) is 104 cm³/mol. The molecule has 0 bridgehead atoms. The molecule has 2 N–H and O–H groups in total. The Hall–Kier alpha value is -1.89. The van der Waals surface area contributed by atoms with Gasteiger partial charge in [0.1, 0.15) is 0 Å². The molecule has 7 heteroatoms. The molecule has 1 aromatic carbocycles. The monoisotopic (exact) mass is 423 g/mol. The Morgan fingerprint density at radius 2 is 1.81 bits per heavy atom. The highest BCUT2D eigenvalue weighted by Crippen LogP contribution is 2.11. The van der Waals surface area contributed by atoms with E-state index >= 15 is 0 Å². The van der Waals surface area contributed by atoms with Crippen molar-refractivity contribution in [3.05, 3.63) is 34.3 Å². The van der Waals surface area contributed by atoms with Crippen LogP contribution in [0.2, 0.25) is 0 Å². The van der Waals surface area contributed by atoms with Crippen LogP contribution in [0.15, 0.2) is 28.7 Å². The van der Waals surface area contributed by atoms with Gasteiger partial charge in [0.2, 0.25) is 11.8 Å². The minimum atomic E-state index is -0.190. The number of carbonyl (C=O) groups is 3. The summed E-state index contributed by atoms with van der Waals surface area (Å²) in [6.07, 6.45) is 4.80. The second kappa shape index (κ2) is 11.0. The first kappa shape index (κ1) is 20.4. The summed E-state index contributed by atoms with van der Waals surface area (Å²) in [5.41, 5.74) is 0.565. The fourth-order valence-electron chi connectivity index (χ4n) is 2.85. The molecule has 0 spiro atoms. The van der Waals surface area contributed by atoms with Crippen LogP contribution in [0.4, 0.5) is 0 Å². The Bertz CT molecular complexity index is 619. The first-order valence-corrected chi connectivity index (χ1v) is 9.94. The number of benzene rings is 1. The normalized spacial score (nSPS) is 14.7. The molecule has 6 nitrogen and oxygen atoms in total. The summed E-state index contributed by atoms with van der Waals surface area (Å²) in [4.78, 5) is 37.5. The van der Waals surface area contributed by atoms with Gasteiger partial charge in [-0.05, 0) is 43.5 Å². The van der Waals surface area contributed by atoms with Crippen molar-refractivity contribution in [1.29, 1.82) is 0 Å². The Kier molecular flexibility index (Phi) is 8.61. The standard InChI is InChI=1S/C19H26BrN3O3/c20-16-8-6-15(7-9-16)19(26)22-12-10-17(24)21-11-4-14-23-13-3-1-2-5-18(23)25/h6-9H,1-5,10-14H2,(H,21,24)(H,22,26). The van der Waals surface area contributed by atoms with E-state index in [9.17, 15) is 14.4 Å². The van der Waals surface area contributed by atoms with Crippen molar-refractivity contribution in [2.24, 2.45) is 0 Å². The van der Waals surface area contributed by atoms with E-state index in [1.807, 2.05) is 4.90 Å². The van der Waals surface area contributed by atoms with Crippen LogP contribution in [0.5, 0.6) is 0 Å². The number of hydrogen-bond acceptors (Lipinski definition) is 3. The summed E-state index contributed by atoms with van der Waals surface area (Å²) in [6, 6.07) is 7.06. The summed E-state index contributed by atoms with van der Waals surface area (Å²) in [5, 5.41) is 5.58. The molecule has 1 aliphatic rings. The zero-order chi connectivity index (χ0) is 18.8. The van der Waals surface area contributed by atoms with Gasteiger partial charge in [-0.3, -0.25) is 14.4 Å².